The molecule has 1 aliphatic heterocycles. The van der Waals surface area contributed by atoms with E-state index in [1.54, 1.807) is 0 Å². The summed E-state index contributed by atoms with van der Waals surface area (Å²) in [5.41, 5.74) is 3.14. The summed E-state index contributed by atoms with van der Waals surface area (Å²) in [5.74, 6) is -0.220. The third-order valence-corrected chi connectivity index (χ3v) is 3.38. The zero-order chi connectivity index (χ0) is 13.8. The molecular weight excluding hydrogens is 244 g/mol. The first-order chi connectivity index (χ1) is 9.08. The van der Waals surface area contributed by atoms with Crippen LogP contribution in [0.5, 0.6) is 0 Å². The van der Waals surface area contributed by atoms with Gasteiger partial charge < -0.3 is 20.8 Å². The molecule has 0 saturated heterocycles. The van der Waals surface area contributed by atoms with Crippen LogP contribution in [-0.2, 0) is 17.8 Å². The predicted octanol–water partition coefficient (Wildman–Crippen LogP) is -0.137. The van der Waals surface area contributed by atoms with E-state index in [1.165, 1.54) is 18.1 Å². The van der Waals surface area contributed by atoms with Gasteiger partial charge in [-0.2, -0.15) is 0 Å². The summed E-state index contributed by atoms with van der Waals surface area (Å²) in [7, 11) is 0. The maximum Gasteiger partial charge on any atom is 0.216 e. The van der Waals surface area contributed by atoms with Crippen molar-refractivity contribution in [1.82, 2.24) is 10.6 Å². The summed E-state index contributed by atoms with van der Waals surface area (Å²) in [6, 6.07) is 5.75. The molecule has 0 spiro atoms. The van der Waals surface area contributed by atoms with Gasteiger partial charge >= 0.3 is 0 Å². The zero-order valence-electron chi connectivity index (χ0n) is 11.0. The van der Waals surface area contributed by atoms with Gasteiger partial charge in [0.1, 0.15) is 12.2 Å². The van der Waals surface area contributed by atoms with Crippen molar-refractivity contribution in [2.75, 3.05) is 13.1 Å². The highest BCUT2D eigenvalue weighted by Gasteiger charge is 2.20. The molecule has 2 atom stereocenters. The lowest BCUT2D eigenvalue weighted by Gasteiger charge is -2.22. The van der Waals surface area contributed by atoms with E-state index in [1.807, 2.05) is 18.2 Å². The number of nitrogens with one attached hydrogen (secondary N) is 2. The van der Waals surface area contributed by atoms with Crippen molar-refractivity contribution in [2.24, 2.45) is 0 Å². The standard InChI is InChI=1S/C14H20N2O3/c1-9(17)16-8-13(18)14(19)11-2-3-12-7-15-5-4-10(12)6-11/h2-3,6,13-15,18-19H,4-5,7-8H2,1H3,(H,16,17). The van der Waals surface area contributed by atoms with E-state index in [4.69, 9.17) is 0 Å². The minimum atomic E-state index is -0.997. The van der Waals surface area contributed by atoms with E-state index in [0.29, 0.717) is 5.56 Å². The molecule has 1 aromatic carbocycles. The normalized spacial score (nSPS) is 17.4. The maximum absolute atomic E-state index is 10.8. The number of carbonyl (C=O) groups is 1. The summed E-state index contributed by atoms with van der Waals surface area (Å²) in [6.07, 6.45) is -1.05. The molecule has 104 valence electrons. The number of benzene rings is 1. The number of carbonyl (C=O) groups excluding carboxylic acids is 1. The topological polar surface area (TPSA) is 81.6 Å². The van der Waals surface area contributed by atoms with E-state index in [0.717, 1.165) is 19.5 Å². The van der Waals surface area contributed by atoms with Crippen molar-refractivity contribution in [3.8, 4) is 0 Å². The van der Waals surface area contributed by atoms with E-state index in [-0.39, 0.29) is 12.5 Å². The highest BCUT2D eigenvalue weighted by molar-refractivity contribution is 5.72. The van der Waals surface area contributed by atoms with Crippen LogP contribution in [0.3, 0.4) is 0 Å². The second-order valence-electron chi connectivity index (χ2n) is 4.90. The predicted molar refractivity (Wildman–Crippen MR) is 71.5 cm³/mol. The zero-order valence-corrected chi connectivity index (χ0v) is 11.0. The lowest BCUT2D eigenvalue weighted by Crippen LogP contribution is -2.34. The van der Waals surface area contributed by atoms with Crippen LogP contribution in [0.1, 0.15) is 29.7 Å². The number of amides is 1. The number of fused-ring (bicyclic) bond motifs is 1. The van der Waals surface area contributed by atoms with Crippen LogP contribution < -0.4 is 10.6 Å². The molecule has 4 N–H and O–H groups in total. The molecule has 19 heavy (non-hydrogen) atoms. The van der Waals surface area contributed by atoms with Gasteiger partial charge in [0.2, 0.25) is 5.91 Å². The lowest BCUT2D eigenvalue weighted by molar-refractivity contribution is -0.119. The molecule has 1 amide bonds. The van der Waals surface area contributed by atoms with Crippen LogP contribution in [0.4, 0.5) is 0 Å². The fourth-order valence-corrected chi connectivity index (χ4v) is 2.26. The number of aliphatic hydroxyl groups is 2. The molecule has 0 bridgehead atoms. The largest absolute Gasteiger partial charge is 0.388 e. The Kier molecular flexibility index (Phi) is 4.52. The first kappa shape index (κ1) is 14.0. The maximum atomic E-state index is 10.8. The molecule has 2 rings (SSSR count). The van der Waals surface area contributed by atoms with Gasteiger partial charge in [0.25, 0.3) is 0 Å². The molecule has 0 fully saturated rings. The van der Waals surface area contributed by atoms with Crippen LogP contribution in [0, 0.1) is 0 Å². The lowest BCUT2D eigenvalue weighted by atomic mass is 9.95. The Balaban J connectivity index is 2.06. The molecule has 5 nitrogen and oxygen atoms in total. The Labute approximate surface area is 112 Å². The third kappa shape index (κ3) is 3.53. The SMILES string of the molecule is CC(=O)NCC(O)C(O)c1ccc2c(c1)CCNC2. The van der Waals surface area contributed by atoms with Crippen LogP contribution in [-0.4, -0.2) is 35.3 Å². The summed E-state index contributed by atoms with van der Waals surface area (Å²) >= 11 is 0. The Morgan fingerprint density at radius 1 is 1.42 bits per heavy atom. The highest BCUT2D eigenvalue weighted by Crippen LogP contribution is 2.22. The van der Waals surface area contributed by atoms with Gasteiger partial charge in [0, 0.05) is 20.0 Å². The Morgan fingerprint density at radius 2 is 2.21 bits per heavy atom. The van der Waals surface area contributed by atoms with Crippen molar-refractivity contribution < 1.29 is 15.0 Å². The minimum absolute atomic E-state index is 0.0507. The number of rotatable bonds is 4. The summed E-state index contributed by atoms with van der Waals surface area (Å²) in [5, 5.41) is 25.7. The molecule has 1 aromatic rings. The quantitative estimate of drug-likeness (QED) is 0.610. The molecule has 0 aliphatic carbocycles. The average molecular weight is 264 g/mol. The molecule has 0 radical (unpaired) electrons. The van der Waals surface area contributed by atoms with Crippen LogP contribution in [0.15, 0.2) is 18.2 Å². The van der Waals surface area contributed by atoms with Gasteiger partial charge in [-0.1, -0.05) is 18.2 Å². The van der Waals surface area contributed by atoms with E-state index in [9.17, 15) is 15.0 Å². The summed E-state index contributed by atoms with van der Waals surface area (Å²) in [4.78, 5) is 10.8. The van der Waals surface area contributed by atoms with Gasteiger partial charge in [-0.05, 0) is 29.7 Å². The Bertz CT molecular complexity index is 462. The minimum Gasteiger partial charge on any atom is -0.388 e. The fraction of sp³-hybridized carbons (Fsp3) is 0.500. The van der Waals surface area contributed by atoms with Gasteiger partial charge in [-0.15, -0.1) is 0 Å². The van der Waals surface area contributed by atoms with Crippen molar-refractivity contribution in [2.45, 2.75) is 32.1 Å². The second-order valence-corrected chi connectivity index (χ2v) is 4.90. The van der Waals surface area contributed by atoms with Gasteiger partial charge in [-0.25, -0.2) is 0 Å². The molecule has 0 saturated carbocycles. The van der Waals surface area contributed by atoms with Crippen molar-refractivity contribution in [3.05, 3.63) is 34.9 Å². The molecule has 1 aliphatic rings. The summed E-state index contributed by atoms with van der Waals surface area (Å²) < 4.78 is 0. The van der Waals surface area contributed by atoms with Crippen molar-refractivity contribution >= 4 is 5.91 Å². The van der Waals surface area contributed by atoms with Gasteiger partial charge in [0.15, 0.2) is 0 Å². The van der Waals surface area contributed by atoms with E-state index < -0.39 is 12.2 Å². The fourth-order valence-electron chi connectivity index (χ4n) is 2.26. The number of hydrogen-bond acceptors (Lipinski definition) is 4. The second kappa shape index (κ2) is 6.14. The summed E-state index contributed by atoms with van der Waals surface area (Å²) in [6.45, 7) is 3.21. The van der Waals surface area contributed by atoms with E-state index >= 15 is 0 Å². The molecule has 5 heteroatoms. The van der Waals surface area contributed by atoms with Crippen molar-refractivity contribution in [1.29, 1.82) is 0 Å². The molecule has 1 heterocycles. The number of aliphatic hydroxyl groups excluding tert-OH is 2. The first-order valence-corrected chi connectivity index (χ1v) is 6.51. The first-order valence-electron chi connectivity index (χ1n) is 6.51. The van der Waals surface area contributed by atoms with Crippen LogP contribution >= 0.6 is 0 Å². The van der Waals surface area contributed by atoms with Gasteiger partial charge in [0.05, 0.1) is 0 Å². The van der Waals surface area contributed by atoms with E-state index in [2.05, 4.69) is 10.6 Å². The molecular formula is C14H20N2O3. The Hall–Kier alpha value is -1.43. The molecule has 2 unspecified atom stereocenters. The Morgan fingerprint density at radius 3 is 2.95 bits per heavy atom. The number of hydrogen-bond donors (Lipinski definition) is 4. The van der Waals surface area contributed by atoms with Crippen LogP contribution in [0.25, 0.3) is 0 Å². The van der Waals surface area contributed by atoms with Crippen LogP contribution in [0.2, 0.25) is 0 Å². The smallest absolute Gasteiger partial charge is 0.216 e. The van der Waals surface area contributed by atoms with Gasteiger partial charge in [-0.3, -0.25) is 4.79 Å². The third-order valence-electron chi connectivity index (χ3n) is 3.38. The highest BCUT2D eigenvalue weighted by atomic mass is 16.3. The van der Waals surface area contributed by atoms with Crippen molar-refractivity contribution in [3.63, 3.8) is 0 Å². The monoisotopic (exact) mass is 264 g/mol. The average Bonchev–Trinajstić information content (AvgIpc) is 2.43. The molecule has 0 aromatic heterocycles.